The van der Waals surface area contributed by atoms with Crippen LogP contribution in [0.5, 0.6) is 11.5 Å². The molecule has 0 heterocycles. The Labute approximate surface area is 183 Å². The number of carbonyl (C=O) groups is 2. The highest BCUT2D eigenvalue weighted by Gasteiger charge is 2.15. The smallest absolute Gasteiger partial charge is 0.345 e. The average Bonchev–Trinajstić information content (AvgIpc) is 2.76. The number of hydrogen-bond donors (Lipinski definition) is 1. The third-order valence-corrected chi connectivity index (χ3v) is 4.38. The van der Waals surface area contributed by atoms with E-state index >= 15 is 0 Å². The molecule has 3 aromatic rings. The summed E-state index contributed by atoms with van der Waals surface area (Å²) in [7, 11) is 0. The monoisotopic (exact) mass is 440 g/mol. The number of hydrazone groups is 1. The van der Waals surface area contributed by atoms with E-state index in [-0.39, 0.29) is 21.9 Å². The van der Waals surface area contributed by atoms with Crippen molar-refractivity contribution in [3.8, 4) is 11.5 Å². The summed E-state index contributed by atoms with van der Waals surface area (Å²) < 4.78 is 23.9. The first kappa shape index (κ1) is 22.0. The zero-order valence-corrected chi connectivity index (χ0v) is 17.2. The maximum Gasteiger partial charge on any atom is 0.345 e. The molecule has 31 heavy (non-hydrogen) atoms. The van der Waals surface area contributed by atoms with Gasteiger partial charge in [0.05, 0.1) is 23.4 Å². The minimum atomic E-state index is -0.612. The molecule has 6 nitrogen and oxygen atoms in total. The van der Waals surface area contributed by atoms with E-state index in [4.69, 9.17) is 21.1 Å². The van der Waals surface area contributed by atoms with Crippen molar-refractivity contribution in [3.63, 3.8) is 0 Å². The summed E-state index contributed by atoms with van der Waals surface area (Å²) in [5, 5.41) is 4.18. The first-order chi connectivity index (χ1) is 15.0. The molecule has 0 unspecified atom stereocenters. The topological polar surface area (TPSA) is 77.0 Å². The maximum atomic E-state index is 12.9. The first-order valence-electron chi connectivity index (χ1n) is 9.30. The van der Waals surface area contributed by atoms with Crippen LogP contribution in [0.2, 0.25) is 5.02 Å². The molecule has 3 aromatic carbocycles. The molecule has 0 saturated heterocycles. The lowest BCUT2D eigenvalue weighted by atomic mass is 10.2. The van der Waals surface area contributed by atoms with Crippen LogP contribution in [0.25, 0.3) is 0 Å². The Balaban J connectivity index is 1.71. The van der Waals surface area contributed by atoms with Crippen molar-refractivity contribution < 1.29 is 23.5 Å². The SMILES string of the molecule is CCOc1cc(C=NNC(=O)c2ccc(F)cc2)ccc1OC(=O)c1ccccc1Cl. The third-order valence-electron chi connectivity index (χ3n) is 4.05. The Morgan fingerprint density at radius 3 is 2.52 bits per heavy atom. The van der Waals surface area contributed by atoms with Crippen molar-refractivity contribution >= 4 is 29.7 Å². The Bertz CT molecular complexity index is 1120. The Morgan fingerprint density at radius 1 is 1.06 bits per heavy atom. The fourth-order valence-corrected chi connectivity index (χ4v) is 2.78. The van der Waals surface area contributed by atoms with E-state index in [1.165, 1.54) is 30.5 Å². The molecule has 0 atom stereocenters. The van der Waals surface area contributed by atoms with Crippen LogP contribution in [0.1, 0.15) is 33.2 Å². The summed E-state index contributed by atoms with van der Waals surface area (Å²) in [6, 6.07) is 16.5. The lowest BCUT2D eigenvalue weighted by Gasteiger charge is -2.12. The minimum Gasteiger partial charge on any atom is -0.490 e. The highest BCUT2D eigenvalue weighted by atomic mass is 35.5. The molecule has 0 aromatic heterocycles. The molecule has 0 saturated carbocycles. The largest absolute Gasteiger partial charge is 0.490 e. The number of hydrogen-bond acceptors (Lipinski definition) is 5. The second-order valence-electron chi connectivity index (χ2n) is 6.21. The lowest BCUT2D eigenvalue weighted by Crippen LogP contribution is -2.17. The van der Waals surface area contributed by atoms with Crippen LogP contribution >= 0.6 is 11.6 Å². The van der Waals surface area contributed by atoms with Gasteiger partial charge in [-0.2, -0.15) is 5.10 Å². The summed E-state index contributed by atoms with van der Waals surface area (Å²) in [4.78, 5) is 24.4. The van der Waals surface area contributed by atoms with E-state index < -0.39 is 17.7 Å². The molecule has 8 heteroatoms. The van der Waals surface area contributed by atoms with Gasteiger partial charge in [-0.3, -0.25) is 4.79 Å². The van der Waals surface area contributed by atoms with E-state index in [0.29, 0.717) is 17.9 Å². The predicted molar refractivity (Wildman–Crippen MR) is 115 cm³/mol. The summed E-state index contributed by atoms with van der Waals surface area (Å²) in [6.07, 6.45) is 1.41. The number of nitrogens with zero attached hydrogens (tertiary/aromatic N) is 1. The summed E-state index contributed by atoms with van der Waals surface area (Å²) in [5.41, 5.74) is 3.47. The Hall–Kier alpha value is -3.71. The normalized spacial score (nSPS) is 10.7. The Kier molecular flexibility index (Phi) is 7.35. The molecule has 0 radical (unpaired) electrons. The van der Waals surface area contributed by atoms with Crippen LogP contribution in [0.3, 0.4) is 0 Å². The van der Waals surface area contributed by atoms with Crippen molar-refractivity contribution in [3.05, 3.63) is 94.3 Å². The van der Waals surface area contributed by atoms with Gasteiger partial charge in [0.2, 0.25) is 0 Å². The number of ether oxygens (including phenoxy) is 2. The first-order valence-corrected chi connectivity index (χ1v) is 9.68. The van der Waals surface area contributed by atoms with Gasteiger partial charge in [0.1, 0.15) is 5.82 Å². The van der Waals surface area contributed by atoms with Crippen LogP contribution in [0.4, 0.5) is 4.39 Å². The zero-order chi connectivity index (χ0) is 22.2. The van der Waals surface area contributed by atoms with Gasteiger partial charge in [-0.25, -0.2) is 14.6 Å². The van der Waals surface area contributed by atoms with E-state index in [9.17, 15) is 14.0 Å². The molecule has 158 valence electrons. The predicted octanol–water partition coefficient (Wildman–Crippen LogP) is 4.86. The van der Waals surface area contributed by atoms with Crippen molar-refractivity contribution in [2.24, 2.45) is 5.10 Å². The van der Waals surface area contributed by atoms with Crippen LogP contribution in [0, 0.1) is 5.82 Å². The van der Waals surface area contributed by atoms with Crippen LogP contribution in [-0.2, 0) is 0 Å². The van der Waals surface area contributed by atoms with Crippen molar-refractivity contribution in [1.82, 2.24) is 5.43 Å². The summed E-state index contributed by atoms with van der Waals surface area (Å²) in [6.45, 7) is 2.14. The van der Waals surface area contributed by atoms with Crippen LogP contribution < -0.4 is 14.9 Å². The molecule has 0 bridgehead atoms. The van der Waals surface area contributed by atoms with Crippen molar-refractivity contribution in [1.29, 1.82) is 0 Å². The average molecular weight is 441 g/mol. The van der Waals surface area contributed by atoms with Crippen molar-refractivity contribution in [2.75, 3.05) is 6.61 Å². The molecule has 0 aliphatic heterocycles. The maximum absolute atomic E-state index is 12.9. The number of rotatable bonds is 7. The van der Waals surface area contributed by atoms with E-state index in [1.54, 1.807) is 49.4 Å². The van der Waals surface area contributed by atoms with E-state index in [1.807, 2.05) is 0 Å². The second kappa shape index (κ2) is 10.4. The number of esters is 1. The molecule has 0 spiro atoms. The lowest BCUT2D eigenvalue weighted by molar-refractivity contribution is 0.0728. The fourth-order valence-electron chi connectivity index (χ4n) is 2.57. The Morgan fingerprint density at radius 2 is 1.81 bits per heavy atom. The van der Waals surface area contributed by atoms with E-state index in [0.717, 1.165) is 0 Å². The molecular formula is C23H18ClFN2O4. The van der Waals surface area contributed by atoms with Gasteiger partial charge >= 0.3 is 5.97 Å². The van der Waals surface area contributed by atoms with Gasteiger partial charge in [-0.05, 0) is 67.1 Å². The third kappa shape index (κ3) is 5.90. The molecule has 0 aliphatic carbocycles. The molecular weight excluding hydrogens is 423 g/mol. The van der Waals surface area contributed by atoms with E-state index in [2.05, 4.69) is 10.5 Å². The molecule has 0 fully saturated rings. The fraction of sp³-hybridized carbons (Fsp3) is 0.0870. The van der Waals surface area contributed by atoms with Gasteiger partial charge in [0.25, 0.3) is 5.91 Å². The zero-order valence-electron chi connectivity index (χ0n) is 16.5. The standard InChI is InChI=1S/C23H18ClFN2O4/c1-2-30-21-13-15(14-26-27-22(28)16-8-10-17(25)11-9-16)7-12-20(21)31-23(29)18-5-3-4-6-19(18)24/h3-14H,2H2,1H3,(H,27,28). The van der Waals surface area contributed by atoms with Gasteiger partial charge in [-0.15, -0.1) is 0 Å². The summed E-state index contributed by atoms with van der Waals surface area (Å²) in [5.74, 6) is -0.971. The quantitative estimate of drug-likeness (QED) is 0.246. The highest BCUT2D eigenvalue weighted by molar-refractivity contribution is 6.33. The second-order valence-corrected chi connectivity index (χ2v) is 6.62. The van der Waals surface area contributed by atoms with Gasteiger partial charge < -0.3 is 9.47 Å². The highest BCUT2D eigenvalue weighted by Crippen LogP contribution is 2.29. The summed E-state index contributed by atoms with van der Waals surface area (Å²) >= 11 is 6.04. The van der Waals surface area contributed by atoms with Gasteiger partial charge in [0.15, 0.2) is 11.5 Å². The van der Waals surface area contributed by atoms with Crippen LogP contribution in [-0.4, -0.2) is 24.7 Å². The number of benzene rings is 3. The van der Waals surface area contributed by atoms with Crippen molar-refractivity contribution in [2.45, 2.75) is 6.92 Å². The minimum absolute atomic E-state index is 0.222. The molecule has 1 amide bonds. The molecule has 0 aliphatic rings. The molecule has 3 rings (SSSR count). The number of amides is 1. The van der Waals surface area contributed by atoms with Crippen LogP contribution in [0.15, 0.2) is 71.8 Å². The van der Waals surface area contributed by atoms with Gasteiger partial charge in [-0.1, -0.05) is 23.7 Å². The number of nitrogens with one attached hydrogen (secondary N) is 1. The molecule has 1 N–H and O–H groups in total. The number of halogens is 2. The number of carbonyl (C=O) groups excluding carboxylic acids is 2. The van der Waals surface area contributed by atoms with Gasteiger partial charge in [0, 0.05) is 5.56 Å².